The van der Waals surface area contributed by atoms with Crippen molar-refractivity contribution in [2.75, 3.05) is 0 Å². The molecule has 2 heterocycles. The molecule has 3 nitrogen and oxygen atoms in total. The lowest BCUT2D eigenvalue weighted by Gasteiger charge is -2.05. The normalized spacial score (nSPS) is 10.4. The fourth-order valence-electron chi connectivity index (χ4n) is 1.49. The molecule has 2 rings (SSSR count). The Hall–Kier alpha value is -1.26. The summed E-state index contributed by atoms with van der Waals surface area (Å²) in [6.45, 7) is 3.74. The quantitative estimate of drug-likeness (QED) is 0.608. The van der Waals surface area contributed by atoms with Crippen molar-refractivity contribution in [3.05, 3.63) is 32.9 Å². The minimum atomic E-state index is 0.211. The molecule has 0 aliphatic carbocycles. The van der Waals surface area contributed by atoms with Crippen LogP contribution in [0.4, 0.5) is 0 Å². The van der Waals surface area contributed by atoms with Gasteiger partial charge in [-0.1, -0.05) is 11.6 Å². The molecule has 0 bridgehead atoms. The van der Waals surface area contributed by atoms with E-state index in [1.54, 1.807) is 18.3 Å². The second-order valence-electron chi connectivity index (χ2n) is 3.33. The number of halogens is 1. The zero-order valence-corrected chi connectivity index (χ0v) is 10.4. The van der Waals surface area contributed by atoms with E-state index in [-0.39, 0.29) is 5.15 Å². The highest BCUT2D eigenvalue weighted by molar-refractivity contribution is 7.10. The van der Waals surface area contributed by atoms with E-state index in [0.717, 1.165) is 10.4 Å². The van der Waals surface area contributed by atoms with Gasteiger partial charge in [-0.05, 0) is 25.3 Å². The van der Waals surface area contributed by atoms with Crippen molar-refractivity contribution in [1.82, 2.24) is 9.97 Å². The maximum Gasteiger partial charge on any atom is 0.155 e. The number of carbonyl (C=O) groups excluding carboxylic acids is 1. The number of aryl methyl sites for hydroxylation is 2. The highest BCUT2D eigenvalue weighted by Gasteiger charge is 2.14. The first-order valence-corrected chi connectivity index (χ1v) is 5.93. The Balaban J connectivity index is 2.73. The van der Waals surface area contributed by atoms with Crippen LogP contribution in [-0.2, 0) is 0 Å². The predicted octanol–water partition coefficient (Wildman–Crippen LogP) is 3.29. The zero-order valence-electron chi connectivity index (χ0n) is 8.82. The molecule has 0 spiro atoms. The van der Waals surface area contributed by atoms with E-state index in [1.807, 2.05) is 18.4 Å². The fourth-order valence-corrected chi connectivity index (χ4v) is 2.44. The molecule has 0 radical (unpaired) electrons. The van der Waals surface area contributed by atoms with Crippen LogP contribution in [0.1, 0.15) is 21.1 Å². The van der Waals surface area contributed by atoms with Crippen LogP contribution < -0.4 is 0 Å². The average Bonchev–Trinajstić information content (AvgIpc) is 2.63. The Kier molecular flexibility index (Phi) is 3.03. The summed E-state index contributed by atoms with van der Waals surface area (Å²) in [5.41, 5.74) is 1.92. The number of thiophene rings is 1. The number of hydrogen-bond acceptors (Lipinski definition) is 4. The van der Waals surface area contributed by atoms with E-state index >= 15 is 0 Å². The van der Waals surface area contributed by atoms with E-state index in [0.29, 0.717) is 23.4 Å². The van der Waals surface area contributed by atoms with E-state index in [4.69, 9.17) is 11.6 Å². The molecule has 0 aliphatic heterocycles. The van der Waals surface area contributed by atoms with Crippen LogP contribution in [0.2, 0.25) is 5.15 Å². The summed E-state index contributed by atoms with van der Waals surface area (Å²) in [6.07, 6.45) is 0.703. The number of hydrogen-bond donors (Lipinski definition) is 0. The number of aromatic nitrogens is 2. The maximum atomic E-state index is 11.0. The molecular weight excluding hydrogens is 244 g/mol. The van der Waals surface area contributed by atoms with Gasteiger partial charge in [0.2, 0.25) is 0 Å². The van der Waals surface area contributed by atoms with Crippen LogP contribution in [0, 0.1) is 13.8 Å². The molecule has 0 aliphatic rings. The molecule has 0 amide bonds. The Labute approximate surface area is 102 Å². The summed E-state index contributed by atoms with van der Waals surface area (Å²) in [5, 5.41) is 2.17. The Morgan fingerprint density at radius 1 is 1.38 bits per heavy atom. The SMILES string of the molecule is Cc1nc(Cl)c(C=O)c(-c2ccsc2C)n1. The Bertz CT molecular complexity index is 551. The van der Waals surface area contributed by atoms with Gasteiger partial charge >= 0.3 is 0 Å². The highest BCUT2D eigenvalue weighted by atomic mass is 35.5. The van der Waals surface area contributed by atoms with Crippen LogP contribution >= 0.6 is 22.9 Å². The second kappa shape index (κ2) is 4.31. The lowest BCUT2D eigenvalue weighted by molar-refractivity contribution is 0.112. The third-order valence-corrected chi connectivity index (χ3v) is 3.38. The zero-order chi connectivity index (χ0) is 11.7. The minimum Gasteiger partial charge on any atom is -0.298 e. The van der Waals surface area contributed by atoms with Gasteiger partial charge in [-0.3, -0.25) is 4.79 Å². The third kappa shape index (κ3) is 1.86. The van der Waals surface area contributed by atoms with Crippen molar-refractivity contribution in [2.24, 2.45) is 0 Å². The van der Waals surface area contributed by atoms with Gasteiger partial charge in [-0.25, -0.2) is 9.97 Å². The molecule has 2 aromatic rings. The average molecular weight is 253 g/mol. The largest absolute Gasteiger partial charge is 0.298 e. The van der Waals surface area contributed by atoms with Gasteiger partial charge in [0, 0.05) is 10.4 Å². The Morgan fingerprint density at radius 3 is 2.69 bits per heavy atom. The van der Waals surface area contributed by atoms with Crippen molar-refractivity contribution in [3.63, 3.8) is 0 Å². The van der Waals surface area contributed by atoms with Gasteiger partial charge in [-0.15, -0.1) is 11.3 Å². The van der Waals surface area contributed by atoms with Gasteiger partial charge in [0.05, 0.1) is 11.3 Å². The summed E-state index contributed by atoms with van der Waals surface area (Å²) in [4.78, 5) is 20.4. The van der Waals surface area contributed by atoms with Crippen molar-refractivity contribution in [1.29, 1.82) is 0 Å². The molecule has 0 fully saturated rings. The summed E-state index contributed by atoms with van der Waals surface area (Å²) >= 11 is 7.54. The number of nitrogens with zero attached hydrogens (tertiary/aromatic N) is 2. The molecule has 0 saturated heterocycles. The monoisotopic (exact) mass is 252 g/mol. The van der Waals surface area contributed by atoms with Crippen molar-refractivity contribution >= 4 is 29.2 Å². The van der Waals surface area contributed by atoms with E-state index in [1.165, 1.54) is 0 Å². The number of carbonyl (C=O) groups is 1. The van der Waals surface area contributed by atoms with Gasteiger partial charge in [0.15, 0.2) is 6.29 Å². The molecule has 0 atom stereocenters. The van der Waals surface area contributed by atoms with Crippen LogP contribution in [0.3, 0.4) is 0 Å². The molecule has 0 saturated carbocycles. The second-order valence-corrected chi connectivity index (χ2v) is 4.81. The van der Waals surface area contributed by atoms with Gasteiger partial charge in [-0.2, -0.15) is 0 Å². The van der Waals surface area contributed by atoms with Crippen LogP contribution in [0.5, 0.6) is 0 Å². The topological polar surface area (TPSA) is 42.9 Å². The lowest BCUT2D eigenvalue weighted by atomic mass is 10.1. The minimum absolute atomic E-state index is 0.211. The van der Waals surface area contributed by atoms with Gasteiger partial charge in [0.25, 0.3) is 0 Å². The highest BCUT2D eigenvalue weighted by Crippen LogP contribution is 2.30. The van der Waals surface area contributed by atoms with E-state index in [2.05, 4.69) is 9.97 Å². The molecule has 5 heteroatoms. The summed E-state index contributed by atoms with van der Waals surface area (Å²) in [5.74, 6) is 0.566. The van der Waals surface area contributed by atoms with Crippen molar-refractivity contribution < 1.29 is 4.79 Å². The molecule has 16 heavy (non-hydrogen) atoms. The Morgan fingerprint density at radius 2 is 2.12 bits per heavy atom. The van der Waals surface area contributed by atoms with E-state index < -0.39 is 0 Å². The molecule has 0 N–H and O–H groups in total. The van der Waals surface area contributed by atoms with Gasteiger partial charge in [0.1, 0.15) is 11.0 Å². The third-order valence-electron chi connectivity index (χ3n) is 2.24. The molecule has 2 aromatic heterocycles. The number of rotatable bonds is 2. The molecule has 0 unspecified atom stereocenters. The first-order chi connectivity index (χ1) is 7.63. The standard InChI is InChI=1S/C11H9ClN2OS/c1-6-8(3-4-16-6)10-9(5-15)11(12)14-7(2)13-10/h3-5H,1-2H3. The smallest absolute Gasteiger partial charge is 0.155 e. The number of aldehydes is 1. The maximum absolute atomic E-state index is 11.0. The van der Waals surface area contributed by atoms with Crippen molar-refractivity contribution in [3.8, 4) is 11.3 Å². The molecular formula is C11H9ClN2OS. The van der Waals surface area contributed by atoms with Crippen molar-refractivity contribution in [2.45, 2.75) is 13.8 Å². The predicted molar refractivity (Wildman–Crippen MR) is 65.2 cm³/mol. The summed E-state index contributed by atoms with van der Waals surface area (Å²) < 4.78 is 0. The molecule has 82 valence electrons. The summed E-state index contributed by atoms with van der Waals surface area (Å²) in [6, 6.07) is 1.94. The first kappa shape index (κ1) is 11.2. The molecule has 0 aromatic carbocycles. The van der Waals surface area contributed by atoms with E-state index in [9.17, 15) is 4.79 Å². The van der Waals surface area contributed by atoms with Crippen LogP contribution in [0.15, 0.2) is 11.4 Å². The van der Waals surface area contributed by atoms with Crippen LogP contribution in [0.25, 0.3) is 11.3 Å². The fraction of sp³-hybridized carbons (Fsp3) is 0.182. The van der Waals surface area contributed by atoms with Crippen LogP contribution in [-0.4, -0.2) is 16.3 Å². The van der Waals surface area contributed by atoms with Gasteiger partial charge < -0.3 is 0 Å². The lowest BCUT2D eigenvalue weighted by Crippen LogP contribution is -1.99. The first-order valence-electron chi connectivity index (χ1n) is 4.67. The summed E-state index contributed by atoms with van der Waals surface area (Å²) in [7, 11) is 0.